The lowest BCUT2D eigenvalue weighted by Crippen LogP contribution is -2.52. The van der Waals surface area contributed by atoms with Gasteiger partial charge in [-0.1, -0.05) is 0 Å². The van der Waals surface area contributed by atoms with Gasteiger partial charge >= 0.3 is 0 Å². The van der Waals surface area contributed by atoms with Gasteiger partial charge in [0.1, 0.15) is 6.10 Å². The number of hydrogen-bond acceptors (Lipinski definition) is 2. The van der Waals surface area contributed by atoms with Gasteiger partial charge in [0.25, 0.3) is 0 Å². The molecule has 1 heterocycles. The monoisotopic (exact) mass is 263 g/mol. The maximum absolute atomic E-state index is 12.1. The third-order valence-corrected chi connectivity index (χ3v) is 6.02. The summed E-state index contributed by atoms with van der Waals surface area (Å²) in [5.74, 6) is 3.04. The van der Waals surface area contributed by atoms with Crippen LogP contribution in [0.15, 0.2) is 0 Å². The average Bonchev–Trinajstić information content (AvgIpc) is 2.88. The third-order valence-electron chi connectivity index (χ3n) is 6.02. The first-order chi connectivity index (χ1) is 9.22. The number of hydrogen-bond donors (Lipinski definition) is 1. The number of nitrogens with one attached hydrogen (secondary N) is 1. The van der Waals surface area contributed by atoms with Crippen molar-refractivity contribution in [1.82, 2.24) is 5.32 Å². The molecule has 1 amide bonds. The van der Waals surface area contributed by atoms with Crippen molar-refractivity contribution in [2.75, 3.05) is 13.2 Å². The molecule has 1 atom stereocenters. The van der Waals surface area contributed by atoms with E-state index in [2.05, 4.69) is 5.32 Å². The van der Waals surface area contributed by atoms with Gasteiger partial charge in [0.05, 0.1) is 0 Å². The maximum atomic E-state index is 12.1. The average molecular weight is 263 g/mol. The molecule has 1 saturated heterocycles. The molecule has 5 fully saturated rings. The van der Waals surface area contributed by atoms with E-state index in [0.717, 1.165) is 43.7 Å². The van der Waals surface area contributed by atoms with Gasteiger partial charge in [0.2, 0.25) is 5.91 Å². The van der Waals surface area contributed by atoms with E-state index in [4.69, 9.17) is 4.74 Å². The first-order valence-electron chi connectivity index (χ1n) is 8.12. The SMILES string of the molecule is O=C(NCC12CC3CC(CC(C3)C1)C2)[C@@H]1CCCO1. The van der Waals surface area contributed by atoms with Crippen molar-refractivity contribution >= 4 is 5.91 Å². The summed E-state index contributed by atoms with van der Waals surface area (Å²) in [6, 6.07) is 0. The largest absolute Gasteiger partial charge is 0.368 e. The highest BCUT2D eigenvalue weighted by molar-refractivity contribution is 5.81. The zero-order valence-corrected chi connectivity index (χ0v) is 11.7. The topological polar surface area (TPSA) is 38.3 Å². The third kappa shape index (κ3) is 2.20. The summed E-state index contributed by atoms with van der Waals surface area (Å²) in [6.07, 6.45) is 10.3. The Morgan fingerprint density at radius 3 is 2.26 bits per heavy atom. The molecule has 3 nitrogen and oxygen atoms in total. The molecule has 5 aliphatic rings. The Hall–Kier alpha value is -0.570. The minimum atomic E-state index is -0.158. The van der Waals surface area contributed by atoms with Crippen molar-refractivity contribution in [2.45, 2.75) is 57.5 Å². The molecule has 0 aromatic heterocycles. The van der Waals surface area contributed by atoms with E-state index in [0.29, 0.717) is 5.41 Å². The second-order valence-electron chi connectivity index (χ2n) is 7.64. The lowest BCUT2D eigenvalue weighted by atomic mass is 9.49. The molecule has 19 heavy (non-hydrogen) atoms. The van der Waals surface area contributed by atoms with Crippen LogP contribution in [0.2, 0.25) is 0 Å². The van der Waals surface area contributed by atoms with E-state index >= 15 is 0 Å². The minimum absolute atomic E-state index is 0.147. The molecule has 0 aromatic rings. The molecule has 0 aromatic carbocycles. The highest BCUT2D eigenvalue weighted by Crippen LogP contribution is 2.59. The Morgan fingerprint density at radius 2 is 1.74 bits per heavy atom. The predicted octanol–water partition coefficient (Wildman–Crippen LogP) is 2.50. The number of ether oxygens (including phenoxy) is 1. The lowest BCUT2D eigenvalue weighted by Gasteiger charge is -2.57. The summed E-state index contributed by atoms with van der Waals surface area (Å²) < 4.78 is 5.47. The van der Waals surface area contributed by atoms with Gasteiger partial charge < -0.3 is 10.1 Å². The molecule has 5 rings (SSSR count). The lowest BCUT2D eigenvalue weighted by molar-refractivity contribution is -0.132. The fourth-order valence-electron chi connectivity index (χ4n) is 5.68. The van der Waals surface area contributed by atoms with Crippen molar-refractivity contribution in [2.24, 2.45) is 23.2 Å². The van der Waals surface area contributed by atoms with Crippen molar-refractivity contribution in [3.63, 3.8) is 0 Å². The van der Waals surface area contributed by atoms with Crippen LogP contribution in [-0.2, 0) is 9.53 Å². The van der Waals surface area contributed by atoms with Crippen LogP contribution in [0.3, 0.4) is 0 Å². The van der Waals surface area contributed by atoms with Crippen LogP contribution in [0.25, 0.3) is 0 Å². The van der Waals surface area contributed by atoms with E-state index < -0.39 is 0 Å². The molecule has 0 spiro atoms. The first kappa shape index (κ1) is 12.2. The molecular weight excluding hydrogens is 238 g/mol. The molecule has 4 aliphatic carbocycles. The van der Waals surface area contributed by atoms with Gasteiger partial charge in [-0.05, 0) is 74.5 Å². The van der Waals surface area contributed by atoms with Crippen molar-refractivity contribution in [1.29, 1.82) is 0 Å². The smallest absolute Gasteiger partial charge is 0.249 e. The van der Waals surface area contributed by atoms with E-state index in [1.807, 2.05) is 0 Å². The van der Waals surface area contributed by atoms with E-state index in [-0.39, 0.29) is 12.0 Å². The summed E-state index contributed by atoms with van der Waals surface area (Å²) in [7, 11) is 0. The quantitative estimate of drug-likeness (QED) is 0.849. The van der Waals surface area contributed by atoms with Crippen molar-refractivity contribution in [3.8, 4) is 0 Å². The molecule has 4 saturated carbocycles. The Bertz CT molecular complexity index is 338. The zero-order chi connectivity index (χ0) is 12.9. The van der Waals surface area contributed by atoms with E-state index in [9.17, 15) is 4.79 Å². The van der Waals surface area contributed by atoms with Gasteiger partial charge in [-0.15, -0.1) is 0 Å². The summed E-state index contributed by atoms with van der Waals surface area (Å²) in [5.41, 5.74) is 0.447. The van der Waals surface area contributed by atoms with Gasteiger partial charge in [-0.3, -0.25) is 4.79 Å². The van der Waals surface area contributed by atoms with Crippen molar-refractivity contribution < 1.29 is 9.53 Å². The molecule has 106 valence electrons. The highest BCUT2D eigenvalue weighted by atomic mass is 16.5. The number of amides is 1. The Kier molecular flexibility index (Phi) is 2.87. The summed E-state index contributed by atoms with van der Waals surface area (Å²) >= 11 is 0. The molecule has 1 aliphatic heterocycles. The maximum Gasteiger partial charge on any atom is 0.249 e. The van der Waals surface area contributed by atoms with E-state index in [1.54, 1.807) is 0 Å². The van der Waals surface area contributed by atoms with Gasteiger partial charge in [0.15, 0.2) is 0 Å². The zero-order valence-electron chi connectivity index (χ0n) is 11.7. The van der Waals surface area contributed by atoms with E-state index in [1.165, 1.54) is 38.5 Å². The molecular formula is C16H25NO2. The van der Waals surface area contributed by atoms with Gasteiger partial charge in [0, 0.05) is 13.2 Å². The van der Waals surface area contributed by atoms with Gasteiger partial charge in [-0.25, -0.2) is 0 Å². The van der Waals surface area contributed by atoms with Crippen LogP contribution < -0.4 is 5.32 Å². The Morgan fingerprint density at radius 1 is 1.11 bits per heavy atom. The molecule has 3 heteroatoms. The number of carbonyl (C=O) groups is 1. The normalized spacial score (nSPS) is 47.6. The predicted molar refractivity (Wildman–Crippen MR) is 72.6 cm³/mol. The minimum Gasteiger partial charge on any atom is -0.368 e. The summed E-state index contributed by atoms with van der Waals surface area (Å²) in [4.78, 5) is 12.1. The van der Waals surface area contributed by atoms with Crippen LogP contribution in [0.4, 0.5) is 0 Å². The summed E-state index contributed by atoms with van der Waals surface area (Å²) in [6.45, 7) is 1.67. The first-order valence-corrected chi connectivity index (χ1v) is 8.12. The molecule has 1 N–H and O–H groups in total. The summed E-state index contributed by atoms with van der Waals surface area (Å²) in [5, 5.41) is 3.22. The standard InChI is InChI=1S/C16H25NO2/c18-15(14-2-1-3-19-14)17-10-16-7-11-4-12(8-16)6-13(5-11)9-16/h11-14H,1-10H2,(H,17,18)/t11?,12?,13?,14-,16?/m0/s1. The van der Waals surface area contributed by atoms with Crippen LogP contribution in [0.5, 0.6) is 0 Å². The number of carbonyl (C=O) groups excluding carboxylic acids is 1. The van der Waals surface area contributed by atoms with Crippen molar-refractivity contribution in [3.05, 3.63) is 0 Å². The van der Waals surface area contributed by atoms with Crippen LogP contribution in [0.1, 0.15) is 51.4 Å². The molecule has 0 unspecified atom stereocenters. The fourth-order valence-corrected chi connectivity index (χ4v) is 5.68. The van der Waals surface area contributed by atoms with Crippen LogP contribution in [0, 0.1) is 23.2 Å². The Labute approximate surface area is 115 Å². The fraction of sp³-hybridized carbons (Fsp3) is 0.938. The van der Waals surface area contributed by atoms with Crippen LogP contribution in [-0.4, -0.2) is 25.2 Å². The Balaban J connectivity index is 1.38. The van der Waals surface area contributed by atoms with Gasteiger partial charge in [-0.2, -0.15) is 0 Å². The molecule has 4 bridgehead atoms. The second-order valence-corrected chi connectivity index (χ2v) is 7.64. The number of rotatable bonds is 3. The molecule has 0 radical (unpaired) electrons. The van der Waals surface area contributed by atoms with Crippen LogP contribution >= 0.6 is 0 Å². The highest BCUT2D eigenvalue weighted by Gasteiger charge is 2.50. The second kappa shape index (κ2) is 4.47.